The molecule has 132 valence electrons. The molecule has 26 heavy (non-hydrogen) atoms. The van der Waals surface area contributed by atoms with Crippen LogP contribution in [-0.4, -0.2) is 33.1 Å². The molecule has 1 unspecified atom stereocenters. The number of methoxy groups -OCH3 is 1. The Hall–Kier alpha value is -3.02. The molecule has 0 fully saturated rings. The fourth-order valence-electron chi connectivity index (χ4n) is 3.30. The maximum absolute atomic E-state index is 5.21. The summed E-state index contributed by atoms with van der Waals surface area (Å²) >= 11 is 0. The SMILES string of the molecule is COc1ccc(-c2cc(NC3CCc4nc(C)ncc4C3)ncn2)cc1. The lowest BCUT2D eigenvalue weighted by molar-refractivity contribution is 0.415. The predicted molar refractivity (Wildman–Crippen MR) is 100 cm³/mol. The summed E-state index contributed by atoms with van der Waals surface area (Å²) in [6.45, 7) is 1.94. The van der Waals surface area contributed by atoms with Crippen molar-refractivity contribution in [2.45, 2.75) is 32.2 Å². The zero-order chi connectivity index (χ0) is 17.9. The lowest BCUT2D eigenvalue weighted by Gasteiger charge is -2.25. The van der Waals surface area contributed by atoms with E-state index >= 15 is 0 Å². The maximum atomic E-state index is 5.21. The normalized spacial score (nSPS) is 16.0. The third-order valence-corrected chi connectivity index (χ3v) is 4.68. The van der Waals surface area contributed by atoms with Crippen molar-refractivity contribution in [3.05, 3.63) is 59.9 Å². The van der Waals surface area contributed by atoms with Crippen LogP contribution in [0.1, 0.15) is 23.5 Å². The lowest BCUT2D eigenvalue weighted by atomic mass is 9.93. The number of anilines is 1. The molecule has 4 rings (SSSR count). The number of ether oxygens (including phenoxy) is 1. The minimum Gasteiger partial charge on any atom is -0.497 e. The van der Waals surface area contributed by atoms with Gasteiger partial charge >= 0.3 is 0 Å². The molecular weight excluding hydrogens is 326 g/mol. The van der Waals surface area contributed by atoms with Gasteiger partial charge in [-0.25, -0.2) is 19.9 Å². The van der Waals surface area contributed by atoms with Crippen LogP contribution in [0.25, 0.3) is 11.3 Å². The third-order valence-electron chi connectivity index (χ3n) is 4.68. The zero-order valence-corrected chi connectivity index (χ0v) is 14.9. The fraction of sp³-hybridized carbons (Fsp3) is 0.300. The molecule has 6 heteroatoms. The molecule has 3 aromatic rings. The van der Waals surface area contributed by atoms with Gasteiger partial charge in [-0.1, -0.05) is 0 Å². The summed E-state index contributed by atoms with van der Waals surface area (Å²) in [4.78, 5) is 17.7. The van der Waals surface area contributed by atoms with Gasteiger partial charge in [0, 0.05) is 29.6 Å². The van der Waals surface area contributed by atoms with Gasteiger partial charge in [0.15, 0.2) is 0 Å². The number of benzene rings is 1. The molecule has 0 spiro atoms. The molecule has 0 radical (unpaired) electrons. The van der Waals surface area contributed by atoms with Crippen LogP contribution < -0.4 is 10.1 Å². The van der Waals surface area contributed by atoms with Gasteiger partial charge in [-0.05, 0) is 56.0 Å². The van der Waals surface area contributed by atoms with Gasteiger partial charge in [-0.2, -0.15) is 0 Å². The van der Waals surface area contributed by atoms with Gasteiger partial charge in [0.25, 0.3) is 0 Å². The van der Waals surface area contributed by atoms with Gasteiger partial charge in [0.2, 0.25) is 0 Å². The number of nitrogens with one attached hydrogen (secondary N) is 1. The van der Waals surface area contributed by atoms with E-state index in [1.807, 2.05) is 43.5 Å². The number of nitrogens with zero attached hydrogens (tertiary/aromatic N) is 4. The van der Waals surface area contributed by atoms with Crippen LogP contribution in [0.5, 0.6) is 5.75 Å². The van der Waals surface area contributed by atoms with Crippen LogP contribution >= 0.6 is 0 Å². The van der Waals surface area contributed by atoms with Crippen LogP contribution in [0.15, 0.2) is 42.9 Å². The van der Waals surface area contributed by atoms with Gasteiger partial charge in [-0.3, -0.25) is 0 Å². The Kier molecular flexibility index (Phi) is 4.48. The van der Waals surface area contributed by atoms with Crippen LogP contribution in [0.3, 0.4) is 0 Å². The Bertz CT molecular complexity index is 910. The summed E-state index contributed by atoms with van der Waals surface area (Å²) in [5.74, 6) is 2.52. The van der Waals surface area contributed by atoms with Crippen molar-refractivity contribution >= 4 is 5.82 Å². The maximum Gasteiger partial charge on any atom is 0.130 e. The van der Waals surface area contributed by atoms with Crippen molar-refractivity contribution in [2.75, 3.05) is 12.4 Å². The molecular formula is C20H21N5O. The lowest BCUT2D eigenvalue weighted by Crippen LogP contribution is -2.28. The molecule has 0 amide bonds. The first kappa shape index (κ1) is 16.4. The van der Waals surface area contributed by atoms with Crippen molar-refractivity contribution < 1.29 is 4.74 Å². The second-order valence-corrected chi connectivity index (χ2v) is 6.49. The highest BCUT2D eigenvalue weighted by Gasteiger charge is 2.20. The topological polar surface area (TPSA) is 72.8 Å². The van der Waals surface area contributed by atoms with Crippen LogP contribution in [0, 0.1) is 6.92 Å². The summed E-state index contributed by atoms with van der Waals surface area (Å²) in [5.41, 5.74) is 4.33. The molecule has 1 aliphatic carbocycles. The molecule has 1 N–H and O–H groups in total. The average molecular weight is 347 g/mol. The minimum atomic E-state index is 0.326. The van der Waals surface area contributed by atoms with Gasteiger partial charge in [0.1, 0.15) is 23.7 Å². The largest absolute Gasteiger partial charge is 0.497 e. The number of aryl methyl sites for hydroxylation is 2. The highest BCUT2D eigenvalue weighted by Crippen LogP contribution is 2.24. The van der Waals surface area contributed by atoms with E-state index in [-0.39, 0.29) is 0 Å². The predicted octanol–water partition coefficient (Wildman–Crippen LogP) is 3.22. The van der Waals surface area contributed by atoms with Crippen molar-refractivity contribution in [1.29, 1.82) is 0 Å². The van der Waals surface area contributed by atoms with Gasteiger partial charge < -0.3 is 10.1 Å². The second-order valence-electron chi connectivity index (χ2n) is 6.49. The smallest absolute Gasteiger partial charge is 0.130 e. The van der Waals surface area contributed by atoms with E-state index in [0.717, 1.165) is 47.9 Å². The van der Waals surface area contributed by atoms with Crippen molar-refractivity contribution in [1.82, 2.24) is 19.9 Å². The molecule has 1 aliphatic rings. The number of rotatable bonds is 4. The number of aromatic nitrogens is 4. The fourth-order valence-corrected chi connectivity index (χ4v) is 3.30. The third kappa shape index (κ3) is 3.49. The monoisotopic (exact) mass is 347 g/mol. The second kappa shape index (κ2) is 7.07. The highest BCUT2D eigenvalue weighted by atomic mass is 16.5. The van der Waals surface area contributed by atoms with E-state index in [1.165, 1.54) is 11.3 Å². The molecule has 0 aliphatic heterocycles. The van der Waals surface area contributed by atoms with Crippen molar-refractivity contribution in [2.24, 2.45) is 0 Å². The first-order valence-electron chi connectivity index (χ1n) is 8.75. The van der Waals surface area contributed by atoms with Crippen LogP contribution in [-0.2, 0) is 12.8 Å². The average Bonchev–Trinajstić information content (AvgIpc) is 2.68. The van der Waals surface area contributed by atoms with E-state index in [4.69, 9.17) is 4.74 Å². The summed E-state index contributed by atoms with van der Waals surface area (Å²) in [6.07, 6.45) is 6.47. The van der Waals surface area contributed by atoms with Gasteiger partial charge in [0.05, 0.1) is 12.8 Å². The molecule has 6 nitrogen and oxygen atoms in total. The van der Waals surface area contributed by atoms with Crippen molar-refractivity contribution in [3.8, 4) is 17.0 Å². The van der Waals surface area contributed by atoms with E-state index in [9.17, 15) is 0 Å². The summed E-state index contributed by atoms with van der Waals surface area (Å²) < 4.78 is 5.21. The first-order chi connectivity index (χ1) is 12.7. The standard InChI is InChI=1S/C20H21N5O/c1-13-21-11-15-9-16(5-8-18(15)24-13)25-20-10-19(22-12-23-20)14-3-6-17(26-2)7-4-14/h3-4,6-7,10-12,16H,5,8-9H2,1-2H3,(H,22,23,25). The first-order valence-corrected chi connectivity index (χ1v) is 8.75. The number of hydrogen-bond acceptors (Lipinski definition) is 6. The van der Waals surface area contributed by atoms with Crippen LogP contribution in [0.4, 0.5) is 5.82 Å². The van der Waals surface area contributed by atoms with E-state index in [0.29, 0.717) is 6.04 Å². The molecule has 1 atom stereocenters. The molecule has 1 aromatic carbocycles. The summed E-state index contributed by atoms with van der Waals surface area (Å²) in [5, 5.41) is 3.54. The molecule has 0 saturated carbocycles. The number of fused-ring (bicyclic) bond motifs is 1. The van der Waals surface area contributed by atoms with Crippen molar-refractivity contribution in [3.63, 3.8) is 0 Å². The van der Waals surface area contributed by atoms with E-state index < -0.39 is 0 Å². The summed E-state index contributed by atoms with van der Waals surface area (Å²) in [6, 6.07) is 10.2. The van der Waals surface area contributed by atoms with Gasteiger partial charge in [-0.15, -0.1) is 0 Å². The Morgan fingerprint density at radius 3 is 2.77 bits per heavy atom. The Balaban J connectivity index is 1.49. The number of hydrogen-bond donors (Lipinski definition) is 1. The minimum absolute atomic E-state index is 0.326. The molecule has 2 heterocycles. The molecule has 0 saturated heterocycles. The quantitative estimate of drug-likeness (QED) is 0.781. The molecule has 2 aromatic heterocycles. The summed E-state index contributed by atoms with van der Waals surface area (Å²) in [7, 11) is 1.66. The highest BCUT2D eigenvalue weighted by molar-refractivity contribution is 5.63. The van der Waals surface area contributed by atoms with Crippen LogP contribution in [0.2, 0.25) is 0 Å². The Morgan fingerprint density at radius 1 is 1.12 bits per heavy atom. The Labute approximate surface area is 152 Å². The Morgan fingerprint density at radius 2 is 1.96 bits per heavy atom. The molecule has 0 bridgehead atoms. The van der Waals surface area contributed by atoms with E-state index in [1.54, 1.807) is 13.4 Å². The van der Waals surface area contributed by atoms with E-state index in [2.05, 4.69) is 25.3 Å². The zero-order valence-electron chi connectivity index (χ0n) is 14.9.